The van der Waals surface area contributed by atoms with Crippen molar-refractivity contribution in [3.05, 3.63) is 109 Å². The highest BCUT2D eigenvalue weighted by Crippen LogP contribution is 2.42. The lowest BCUT2D eigenvalue weighted by atomic mass is 9.60. The molecule has 0 bridgehead atoms. The summed E-state index contributed by atoms with van der Waals surface area (Å²) in [5.41, 5.74) is 6.17. The second kappa shape index (κ2) is 11.4. The molecule has 0 fully saturated rings. The molecule has 0 unspecified atom stereocenters. The second-order valence-corrected chi connectivity index (χ2v) is 12.9. The first kappa shape index (κ1) is 29.8. The van der Waals surface area contributed by atoms with Gasteiger partial charge in [-0.1, -0.05) is 95.9 Å². The van der Waals surface area contributed by atoms with Crippen LogP contribution in [0, 0.1) is 0 Å². The molecule has 0 spiro atoms. The predicted molar refractivity (Wildman–Crippen MR) is 209 cm³/mol. The minimum absolute atomic E-state index is 0.119. The zero-order chi connectivity index (χ0) is 33.4. The topological polar surface area (TPSA) is 51.8 Å². The summed E-state index contributed by atoms with van der Waals surface area (Å²) in [6.45, 7) is 0. The van der Waals surface area contributed by atoms with E-state index in [1.807, 2.05) is 54.6 Å². The van der Waals surface area contributed by atoms with Crippen LogP contribution in [0.5, 0.6) is 0 Å². The van der Waals surface area contributed by atoms with Crippen LogP contribution < -0.4 is 27.3 Å². The number of hydrogen-bond acceptors (Lipinski definition) is 5. The number of nitrogens with zero attached hydrogens (tertiary/aromatic N) is 3. The van der Waals surface area contributed by atoms with E-state index < -0.39 is 0 Å². The normalized spacial score (nSPS) is 11.7. The number of hydrogen-bond donors (Lipinski definition) is 0. The van der Waals surface area contributed by atoms with Crippen LogP contribution in [0.1, 0.15) is 0 Å². The average Bonchev–Trinajstić information content (AvgIpc) is 3.72. The highest BCUT2D eigenvalue weighted by Gasteiger charge is 2.21. The fourth-order valence-electron chi connectivity index (χ4n) is 6.57. The van der Waals surface area contributed by atoms with Crippen molar-refractivity contribution in [1.82, 2.24) is 15.0 Å². The number of rotatable bonds is 4. The lowest BCUT2D eigenvalue weighted by Gasteiger charge is -2.20. The van der Waals surface area contributed by atoms with E-state index in [0.717, 1.165) is 38.6 Å². The van der Waals surface area contributed by atoms with Gasteiger partial charge in [-0.3, -0.25) is 0 Å². The number of aromatic nitrogens is 3. The fourth-order valence-corrected chi connectivity index (χ4v) is 7.81. The molecule has 0 N–H and O–H groups in total. The molecule has 10 radical (unpaired) electrons. The van der Waals surface area contributed by atoms with Crippen molar-refractivity contribution in [2.75, 3.05) is 0 Å². The highest BCUT2D eigenvalue weighted by atomic mass is 32.1. The zero-order valence-corrected chi connectivity index (χ0v) is 26.8. The number of benzene rings is 6. The van der Waals surface area contributed by atoms with Gasteiger partial charge in [-0.15, -0.1) is 27.7 Å². The van der Waals surface area contributed by atoms with Crippen LogP contribution in [0.15, 0.2) is 114 Å². The molecule has 3 heterocycles. The molecule has 9 aromatic rings. The third-order valence-corrected chi connectivity index (χ3v) is 10.3. The Morgan fingerprint density at radius 2 is 1.12 bits per heavy atom. The number of fused-ring (bicyclic) bond motifs is 6. The second-order valence-electron chi connectivity index (χ2n) is 11.9. The molecule has 0 atom stereocenters. The van der Waals surface area contributed by atoms with Crippen LogP contribution in [0.2, 0.25) is 0 Å². The van der Waals surface area contributed by atoms with Gasteiger partial charge in [0.15, 0.2) is 17.5 Å². The summed E-state index contributed by atoms with van der Waals surface area (Å²) in [5.74, 6) is 1.05. The maximum absolute atomic E-state index is 6.49. The smallest absolute Gasteiger partial charge is 0.164 e. The highest BCUT2D eigenvalue weighted by molar-refractivity contribution is 7.26. The van der Waals surface area contributed by atoms with Crippen molar-refractivity contribution in [3.8, 4) is 45.3 Å². The molecule has 0 aliphatic heterocycles. The Morgan fingerprint density at radius 1 is 0.469 bits per heavy atom. The van der Waals surface area contributed by atoms with Crippen molar-refractivity contribution in [3.63, 3.8) is 0 Å². The van der Waals surface area contributed by atoms with Gasteiger partial charge in [-0.2, -0.15) is 0 Å². The lowest BCUT2D eigenvalue weighted by Crippen LogP contribution is -2.55. The standard InChI is InChI=1S/C39H18B5N3OS/c40-31-30(32(41)34(43)35(44)33(31)42)39-46-37(19-8-2-1-3-9-19)45-38(47-39)24-13-7-14-27-29(24)25-18-20(16-17-26(25)48-27)21-11-6-12-23-22-10-4-5-15-28(22)49-36(21)23/h1-18H. The van der Waals surface area contributed by atoms with E-state index in [-0.39, 0.29) is 33.1 Å². The summed E-state index contributed by atoms with van der Waals surface area (Å²) in [6, 6.07) is 36.8. The first-order chi connectivity index (χ1) is 23.9. The molecule has 9 rings (SSSR count). The first-order valence-electron chi connectivity index (χ1n) is 15.6. The van der Waals surface area contributed by atoms with E-state index in [1.54, 1.807) is 11.3 Å². The summed E-state index contributed by atoms with van der Waals surface area (Å²) >= 11 is 1.80. The molecular weight excluding hydrogens is 613 g/mol. The molecule has 0 saturated carbocycles. The van der Waals surface area contributed by atoms with Crippen molar-refractivity contribution in [1.29, 1.82) is 0 Å². The fraction of sp³-hybridized carbons (Fsp3) is 0. The third-order valence-electron chi connectivity index (χ3n) is 9.04. The van der Waals surface area contributed by atoms with Crippen molar-refractivity contribution in [2.24, 2.45) is 0 Å². The number of thiophene rings is 1. The molecule has 10 heteroatoms. The van der Waals surface area contributed by atoms with Crippen LogP contribution in [0.4, 0.5) is 0 Å². The summed E-state index contributed by atoms with van der Waals surface area (Å²) in [5, 5.41) is 4.30. The zero-order valence-electron chi connectivity index (χ0n) is 25.9. The van der Waals surface area contributed by atoms with E-state index in [2.05, 4.69) is 54.6 Å². The quantitative estimate of drug-likeness (QED) is 0.263. The Bertz CT molecular complexity index is 2770. The Balaban J connectivity index is 1.30. The Morgan fingerprint density at radius 3 is 1.94 bits per heavy atom. The molecule has 49 heavy (non-hydrogen) atoms. The van der Waals surface area contributed by atoms with Gasteiger partial charge in [0.05, 0.1) is 0 Å². The van der Waals surface area contributed by atoms with Crippen LogP contribution in [0.3, 0.4) is 0 Å². The van der Waals surface area contributed by atoms with Crippen LogP contribution in [0.25, 0.3) is 87.4 Å². The molecule has 216 valence electrons. The van der Waals surface area contributed by atoms with Gasteiger partial charge in [-0.25, -0.2) is 15.0 Å². The van der Waals surface area contributed by atoms with Crippen LogP contribution in [-0.2, 0) is 0 Å². The van der Waals surface area contributed by atoms with E-state index in [1.165, 1.54) is 20.2 Å². The molecule has 0 saturated heterocycles. The molecule has 6 aromatic carbocycles. The predicted octanol–water partition coefficient (Wildman–Crippen LogP) is 4.78. The van der Waals surface area contributed by atoms with Gasteiger partial charge in [0, 0.05) is 47.6 Å². The lowest BCUT2D eigenvalue weighted by molar-refractivity contribution is 0.669. The van der Waals surface area contributed by atoms with Gasteiger partial charge in [0.1, 0.15) is 50.4 Å². The summed E-state index contributed by atoms with van der Waals surface area (Å²) in [6.07, 6.45) is 0. The summed E-state index contributed by atoms with van der Waals surface area (Å²) in [7, 11) is 31.6. The Labute approximate surface area is 292 Å². The van der Waals surface area contributed by atoms with Gasteiger partial charge in [0.25, 0.3) is 0 Å². The Kier molecular flexibility index (Phi) is 6.92. The summed E-state index contributed by atoms with van der Waals surface area (Å²) in [4.78, 5) is 14.7. The Hall–Kier alpha value is -5.33. The molecule has 0 aliphatic carbocycles. The van der Waals surface area contributed by atoms with E-state index >= 15 is 0 Å². The SMILES string of the molecule is [B]c1c([B])c([B])c(-c2nc(-c3ccccc3)nc(-c3cccc4oc5ccc(-c6cccc7c6sc6ccccc67)cc5c34)n2)c([B])c1[B]. The van der Waals surface area contributed by atoms with E-state index in [9.17, 15) is 0 Å². The molecule has 3 aromatic heterocycles. The van der Waals surface area contributed by atoms with E-state index in [0.29, 0.717) is 22.8 Å². The van der Waals surface area contributed by atoms with Crippen LogP contribution in [-0.4, -0.2) is 54.2 Å². The van der Waals surface area contributed by atoms with Gasteiger partial charge in [0.2, 0.25) is 0 Å². The number of furan rings is 1. The molecule has 0 aliphatic rings. The van der Waals surface area contributed by atoms with Gasteiger partial charge in [-0.05, 0) is 35.4 Å². The maximum Gasteiger partial charge on any atom is 0.164 e. The molecule has 4 nitrogen and oxygen atoms in total. The van der Waals surface area contributed by atoms with Gasteiger partial charge < -0.3 is 4.42 Å². The average molecular weight is 631 g/mol. The van der Waals surface area contributed by atoms with Gasteiger partial charge >= 0.3 is 0 Å². The van der Waals surface area contributed by atoms with Crippen molar-refractivity contribution < 1.29 is 4.42 Å². The van der Waals surface area contributed by atoms with E-state index in [4.69, 9.17) is 58.6 Å². The largest absolute Gasteiger partial charge is 0.456 e. The first-order valence-corrected chi connectivity index (χ1v) is 16.4. The molecular formula is C39H18B5N3OS. The van der Waals surface area contributed by atoms with Crippen molar-refractivity contribution in [2.45, 2.75) is 0 Å². The summed E-state index contributed by atoms with van der Waals surface area (Å²) < 4.78 is 8.89. The van der Waals surface area contributed by atoms with Crippen molar-refractivity contribution >= 4 is 120 Å². The minimum atomic E-state index is 0.119. The minimum Gasteiger partial charge on any atom is -0.456 e. The third kappa shape index (κ3) is 4.69. The molecule has 0 amide bonds. The maximum atomic E-state index is 6.49. The monoisotopic (exact) mass is 631 g/mol. The van der Waals surface area contributed by atoms with Crippen LogP contribution >= 0.6 is 11.3 Å².